The van der Waals surface area contributed by atoms with E-state index in [4.69, 9.17) is 5.73 Å². The summed E-state index contributed by atoms with van der Waals surface area (Å²) in [6, 6.07) is 9.42. The third-order valence-corrected chi connectivity index (χ3v) is 2.71. The minimum atomic E-state index is -0.173. The summed E-state index contributed by atoms with van der Waals surface area (Å²) in [4.78, 5) is 13.8. The molecule has 0 aliphatic heterocycles. The first-order valence-electron chi connectivity index (χ1n) is 5.14. The quantitative estimate of drug-likeness (QED) is 0.764. The topological polar surface area (TPSA) is 58.9 Å². The first-order valence-corrected chi connectivity index (χ1v) is 5.14. The Morgan fingerprint density at radius 2 is 1.75 bits per heavy atom. The van der Waals surface area contributed by atoms with Gasteiger partial charge in [0.1, 0.15) is 5.82 Å². The van der Waals surface area contributed by atoms with Crippen LogP contribution >= 0.6 is 0 Å². The van der Waals surface area contributed by atoms with Crippen LogP contribution in [-0.2, 0) is 0 Å². The van der Waals surface area contributed by atoms with Gasteiger partial charge in [0.05, 0.1) is 0 Å². The Labute approximate surface area is 93.9 Å². The molecular weight excluding hydrogens is 200 g/mol. The molecule has 82 valence electrons. The lowest BCUT2D eigenvalue weighted by Crippen LogP contribution is -2.07. The molecule has 0 bridgehead atoms. The van der Waals surface area contributed by atoms with E-state index in [-0.39, 0.29) is 5.56 Å². The van der Waals surface area contributed by atoms with Crippen molar-refractivity contribution in [3.63, 3.8) is 0 Å². The van der Waals surface area contributed by atoms with Gasteiger partial charge >= 0.3 is 0 Å². The Balaban J connectivity index is 2.58. The normalized spacial score (nSPS) is 10.4. The molecule has 0 fully saturated rings. The zero-order valence-corrected chi connectivity index (χ0v) is 9.37. The Bertz CT molecular complexity index is 585. The number of aryl methyl sites for hydroxylation is 2. The number of hydrogen-bond donors (Lipinski definition) is 2. The summed E-state index contributed by atoms with van der Waals surface area (Å²) < 4.78 is 0. The molecule has 0 atom stereocenters. The number of aromatic amines is 1. The largest absolute Gasteiger partial charge is 0.385 e. The number of benzene rings is 1. The van der Waals surface area contributed by atoms with Crippen molar-refractivity contribution < 1.29 is 0 Å². The lowest BCUT2D eigenvalue weighted by atomic mass is 10.0. The fraction of sp³-hybridized carbons (Fsp3) is 0.154. The summed E-state index contributed by atoms with van der Waals surface area (Å²) in [5.74, 6) is 0.390. The number of nitrogens with two attached hydrogens (primary N) is 1. The molecule has 3 N–H and O–H groups in total. The lowest BCUT2D eigenvalue weighted by molar-refractivity contribution is 1.25. The van der Waals surface area contributed by atoms with Crippen LogP contribution in [0.25, 0.3) is 11.1 Å². The van der Waals surface area contributed by atoms with E-state index in [1.807, 2.05) is 12.1 Å². The molecule has 3 heteroatoms. The Hall–Kier alpha value is -2.03. The van der Waals surface area contributed by atoms with Crippen LogP contribution < -0.4 is 11.3 Å². The first-order chi connectivity index (χ1) is 7.56. The summed E-state index contributed by atoms with van der Waals surface area (Å²) in [7, 11) is 0. The zero-order chi connectivity index (χ0) is 11.7. The predicted octanol–water partition coefficient (Wildman–Crippen LogP) is 2.24. The Morgan fingerprint density at radius 1 is 1.00 bits per heavy atom. The van der Waals surface area contributed by atoms with E-state index in [0.717, 1.165) is 11.1 Å². The average molecular weight is 214 g/mol. The summed E-state index contributed by atoms with van der Waals surface area (Å²) >= 11 is 0. The van der Waals surface area contributed by atoms with Crippen LogP contribution in [0.2, 0.25) is 0 Å². The van der Waals surface area contributed by atoms with Crippen molar-refractivity contribution in [1.82, 2.24) is 4.98 Å². The van der Waals surface area contributed by atoms with Crippen LogP contribution in [0.5, 0.6) is 0 Å². The van der Waals surface area contributed by atoms with Crippen LogP contribution in [0.1, 0.15) is 11.1 Å². The Kier molecular flexibility index (Phi) is 2.52. The molecular formula is C13H14N2O. The van der Waals surface area contributed by atoms with E-state index in [0.29, 0.717) is 5.82 Å². The van der Waals surface area contributed by atoms with Gasteiger partial charge < -0.3 is 10.7 Å². The predicted molar refractivity (Wildman–Crippen MR) is 66.4 cm³/mol. The van der Waals surface area contributed by atoms with Crippen LogP contribution in [0, 0.1) is 13.8 Å². The molecule has 1 heterocycles. The number of nitrogen functional groups attached to an aromatic ring is 1. The van der Waals surface area contributed by atoms with Crippen molar-refractivity contribution in [2.75, 3.05) is 5.73 Å². The van der Waals surface area contributed by atoms with Crippen molar-refractivity contribution in [2.24, 2.45) is 0 Å². The lowest BCUT2D eigenvalue weighted by Gasteiger charge is -2.05. The fourth-order valence-electron chi connectivity index (χ4n) is 1.65. The van der Waals surface area contributed by atoms with Crippen LogP contribution in [0.4, 0.5) is 5.82 Å². The number of anilines is 1. The minimum Gasteiger partial charge on any atom is -0.385 e. The van der Waals surface area contributed by atoms with E-state index in [9.17, 15) is 4.79 Å². The Morgan fingerprint density at radius 3 is 2.38 bits per heavy atom. The molecule has 3 nitrogen and oxygen atoms in total. The van der Waals surface area contributed by atoms with Crippen molar-refractivity contribution in [2.45, 2.75) is 13.8 Å². The molecule has 16 heavy (non-hydrogen) atoms. The number of rotatable bonds is 1. The average Bonchev–Trinajstić information content (AvgIpc) is 2.20. The molecule has 2 aromatic rings. The molecule has 0 saturated carbocycles. The van der Waals surface area contributed by atoms with Gasteiger partial charge in [-0.3, -0.25) is 4.79 Å². The van der Waals surface area contributed by atoms with Crippen molar-refractivity contribution in [3.8, 4) is 11.1 Å². The van der Waals surface area contributed by atoms with Crippen LogP contribution in [-0.4, -0.2) is 4.98 Å². The second-order valence-electron chi connectivity index (χ2n) is 3.99. The number of pyridine rings is 1. The van der Waals surface area contributed by atoms with E-state index in [1.165, 1.54) is 11.1 Å². The van der Waals surface area contributed by atoms with Crippen LogP contribution in [0.15, 0.2) is 35.1 Å². The maximum Gasteiger partial charge on any atom is 0.250 e. The van der Waals surface area contributed by atoms with Gasteiger partial charge in [-0.1, -0.05) is 18.2 Å². The van der Waals surface area contributed by atoms with Crippen molar-refractivity contribution in [3.05, 3.63) is 51.8 Å². The summed E-state index contributed by atoms with van der Waals surface area (Å²) in [6.07, 6.45) is 0. The van der Waals surface area contributed by atoms with Crippen LogP contribution in [0.3, 0.4) is 0 Å². The molecule has 2 rings (SSSR count). The highest BCUT2D eigenvalue weighted by Crippen LogP contribution is 2.21. The van der Waals surface area contributed by atoms with Gasteiger partial charge in [-0.05, 0) is 42.2 Å². The van der Waals surface area contributed by atoms with E-state index < -0.39 is 0 Å². The summed E-state index contributed by atoms with van der Waals surface area (Å²) in [6.45, 7) is 4.11. The standard InChI is InChI=1S/C13H14N2O/c1-8-3-4-10(5-9(8)2)11-6-12(14)15-13(16)7-11/h3-7H,1-2H3,(H3,14,15,16). The summed E-state index contributed by atoms with van der Waals surface area (Å²) in [5.41, 5.74) is 9.74. The molecule has 0 aliphatic rings. The number of nitrogens with one attached hydrogen (secondary N) is 1. The van der Waals surface area contributed by atoms with Gasteiger partial charge in [0.15, 0.2) is 0 Å². The highest BCUT2D eigenvalue weighted by atomic mass is 16.1. The fourth-order valence-corrected chi connectivity index (χ4v) is 1.65. The highest BCUT2D eigenvalue weighted by molar-refractivity contribution is 5.66. The number of H-pyrrole nitrogens is 1. The maximum absolute atomic E-state index is 11.3. The number of aromatic nitrogens is 1. The second kappa shape index (κ2) is 3.85. The van der Waals surface area contributed by atoms with Gasteiger partial charge in [-0.25, -0.2) is 0 Å². The molecule has 1 aromatic heterocycles. The first kappa shape index (κ1) is 10.5. The molecule has 0 saturated heterocycles. The molecule has 0 aliphatic carbocycles. The van der Waals surface area contributed by atoms with E-state index in [1.54, 1.807) is 12.1 Å². The van der Waals surface area contributed by atoms with Gasteiger partial charge in [-0.2, -0.15) is 0 Å². The van der Waals surface area contributed by atoms with Crippen molar-refractivity contribution in [1.29, 1.82) is 0 Å². The second-order valence-corrected chi connectivity index (χ2v) is 3.99. The molecule has 0 spiro atoms. The highest BCUT2D eigenvalue weighted by Gasteiger charge is 2.01. The van der Waals surface area contributed by atoms with Gasteiger partial charge in [0, 0.05) is 6.07 Å². The van der Waals surface area contributed by atoms with Gasteiger partial charge in [0.25, 0.3) is 0 Å². The van der Waals surface area contributed by atoms with Crippen molar-refractivity contribution >= 4 is 5.82 Å². The molecule has 0 radical (unpaired) electrons. The third-order valence-electron chi connectivity index (χ3n) is 2.71. The molecule has 0 amide bonds. The van der Waals surface area contributed by atoms with E-state index in [2.05, 4.69) is 24.9 Å². The zero-order valence-electron chi connectivity index (χ0n) is 9.37. The van der Waals surface area contributed by atoms with Gasteiger partial charge in [0.2, 0.25) is 5.56 Å². The molecule has 1 aromatic carbocycles. The smallest absolute Gasteiger partial charge is 0.250 e. The molecule has 0 unspecified atom stereocenters. The number of hydrogen-bond acceptors (Lipinski definition) is 2. The SMILES string of the molecule is Cc1ccc(-c2cc(N)[nH]c(=O)c2)cc1C. The minimum absolute atomic E-state index is 0.173. The van der Waals surface area contributed by atoms with E-state index >= 15 is 0 Å². The third kappa shape index (κ3) is 1.98. The maximum atomic E-state index is 11.3. The summed E-state index contributed by atoms with van der Waals surface area (Å²) in [5, 5.41) is 0. The van der Waals surface area contributed by atoms with Gasteiger partial charge in [-0.15, -0.1) is 0 Å². The monoisotopic (exact) mass is 214 g/mol.